The lowest BCUT2D eigenvalue weighted by molar-refractivity contribution is 0.0395. The van der Waals surface area contributed by atoms with E-state index < -0.39 is 0 Å². The standard InChI is InChI=1S/C16H27N3/c1-14-7-4-5-8-15(14)11-19(3)16(12-17)9-6-10-18(2)13-16/h4-5,7-8H,6,9-13,17H2,1-3H3. The zero-order valence-corrected chi connectivity index (χ0v) is 12.5. The van der Waals surface area contributed by atoms with Crippen molar-refractivity contribution in [2.45, 2.75) is 31.8 Å². The average molecular weight is 261 g/mol. The van der Waals surface area contributed by atoms with Gasteiger partial charge in [0.15, 0.2) is 0 Å². The quantitative estimate of drug-likeness (QED) is 0.898. The van der Waals surface area contributed by atoms with E-state index in [-0.39, 0.29) is 5.54 Å². The molecule has 1 heterocycles. The number of hydrogen-bond donors (Lipinski definition) is 1. The first-order valence-electron chi connectivity index (χ1n) is 7.22. The fourth-order valence-corrected chi connectivity index (χ4v) is 3.18. The summed E-state index contributed by atoms with van der Waals surface area (Å²) < 4.78 is 0. The Labute approximate surface area is 117 Å². The number of rotatable bonds is 4. The molecule has 0 bridgehead atoms. The van der Waals surface area contributed by atoms with Crippen molar-refractivity contribution in [1.29, 1.82) is 0 Å². The van der Waals surface area contributed by atoms with Crippen molar-refractivity contribution in [2.75, 3.05) is 33.7 Å². The summed E-state index contributed by atoms with van der Waals surface area (Å²) in [6.07, 6.45) is 2.45. The van der Waals surface area contributed by atoms with Crippen molar-refractivity contribution in [3.05, 3.63) is 35.4 Å². The Morgan fingerprint density at radius 1 is 1.37 bits per heavy atom. The lowest BCUT2D eigenvalue weighted by Crippen LogP contribution is -2.60. The van der Waals surface area contributed by atoms with Gasteiger partial charge in [-0.1, -0.05) is 24.3 Å². The molecule has 0 saturated carbocycles. The Morgan fingerprint density at radius 3 is 2.74 bits per heavy atom. The minimum absolute atomic E-state index is 0.134. The summed E-state index contributed by atoms with van der Waals surface area (Å²) >= 11 is 0. The van der Waals surface area contributed by atoms with Gasteiger partial charge in [0.05, 0.1) is 0 Å². The van der Waals surface area contributed by atoms with Gasteiger partial charge in [-0.2, -0.15) is 0 Å². The van der Waals surface area contributed by atoms with Gasteiger partial charge in [-0.3, -0.25) is 4.90 Å². The van der Waals surface area contributed by atoms with E-state index in [1.54, 1.807) is 0 Å². The van der Waals surface area contributed by atoms with E-state index in [9.17, 15) is 0 Å². The van der Waals surface area contributed by atoms with Gasteiger partial charge in [-0.25, -0.2) is 0 Å². The van der Waals surface area contributed by atoms with Crippen LogP contribution in [0.2, 0.25) is 0 Å². The summed E-state index contributed by atoms with van der Waals surface area (Å²) in [5, 5.41) is 0. The topological polar surface area (TPSA) is 32.5 Å². The third kappa shape index (κ3) is 3.16. The Balaban J connectivity index is 2.13. The number of benzene rings is 1. The molecule has 0 aliphatic carbocycles. The van der Waals surface area contributed by atoms with Crippen LogP contribution in [0.15, 0.2) is 24.3 Å². The molecule has 106 valence electrons. The molecule has 1 unspecified atom stereocenters. The lowest BCUT2D eigenvalue weighted by Gasteiger charge is -2.47. The van der Waals surface area contributed by atoms with Gasteiger partial charge in [0.25, 0.3) is 0 Å². The molecule has 2 rings (SSSR count). The van der Waals surface area contributed by atoms with Crippen molar-refractivity contribution < 1.29 is 0 Å². The minimum Gasteiger partial charge on any atom is -0.329 e. The summed E-state index contributed by atoms with van der Waals surface area (Å²) in [5.41, 5.74) is 9.03. The highest BCUT2D eigenvalue weighted by atomic mass is 15.3. The van der Waals surface area contributed by atoms with Gasteiger partial charge in [0.2, 0.25) is 0 Å². The maximum atomic E-state index is 6.12. The van der Waals surface area contributed by atoms with Crippen LogP contribution in [-0.4, -0.2) is 49.1 Å². The third-order valence-corrected chi connectivity index (χ3v) is 4.60. The van der Waals surface area contributed by atoms with E-state index in [0.29, 0.717) is 0 Å². The van der Waals surface area contributed by atoms with Gasteiger partial charge in [-0.05, 0) is 51.5 Å². The van der Waals surface area contributed by atoms with Crippen LogP contribution < -0.4 is 5.73 Å². The highest BCUT2D eigenvalue weighted by molar-refractivity contribution is 5.25. The predicted octanol–water partition coefficient (Wildman–Crippen LogP) is 1.85. The second kappa shape index (κ2) is 6.04. The van der Waals surface area contributed by atoms with E-state index in [2.05, 4.69) is 55.1 Å². The smallest absolute Gasteiger partial charge is 0.0459 e. The number of likely N-dealkylation sites (tertiary alicyclic amines) is 1. The fraction of sp³-hybridized carbons (Fsp3) is 0.625. The summed E-state index contributed by atoms with van der Waals surface area (Å²) in [5.74, 6) is 0. The molecule has 3 nitrogen and oxygen atoms in total. The zero-order chi connectivity index (χ0) is 13.9. The number of hydrogen-bond acceptors (Lipinski definition) is 3. The van der Waals surface area contributed by atoms with Crippen LogP contribution in [0.4, 0.5) is 0 Å². The summed E-state index contributed by atoms with van der Waals surface area (Å²) in [6.45, 7) is 6.18. The summed E-state index contributed by atoms with van der Waals surface area (Å²) in [7, 11) is 4.42. The SMILES string of the molecule is Cc1ccccc1CN(C)C1(CN)CCCN(C)C1. The molecule has 0 spiro atoms. The second-order valence-corrected chi connectivity index (χ2v) is 6.05. The zero-order valence-electron chi connectivity index (χ0n) is 12.5. The maximum Gasteiger partial charge on any atom is 0.0459 e. The molecule has 1 aliphatic rings. The number of piperidine rings is 1. The van der Waals surface area contributed by atoms with Crippen molar-refractivity contribution in [2.24, 2.45) is 5.73 Å². The van der Waals surface area contributed by atoms with Crippen molar-refractivity contribution in [3.8, 4) is 0 Å². The third-order valence-electron chi connectivity index (χ3n) is 4.60. The van der Waals surface area contributed by atoms with Crippen LogP contribution in [0.5, 0.6) is 0 Å². The lowest BCUT2D eigenvalue weighted by atomic mass is 9.87. The van der Waals surface area contributed by atoms with Crippen LogP contribution in [0, 0.1) is 6.92 Å². The second-order valence-electron chi connectivity index (χ2n) is 6.05. The number of likely N-dealkylation sites (N-methyl/N-ethyl adjacent to an activating group) is 2. The van der Waals surface area contributed by atoms with Crippen LogP contribution in [0.25, 0.3) is 0 Å². The fourth-order valence-electron chi connectivity index (χ4n) is 3.18. The van der Waals surface area contributed by atoms with E-state index in [1.807, 2.05) is 0 Å². The number of nitrogens with zero attached hydrogens (tertiary/aromatic N) is 2. The summed E-state index contributed by atoms with van der Waals surface area (Å²) in [4.78, 5) is 4.87. The molecule has 1 aromatic rings. The van der Waals surface area contributed by atoms with Gasteiger partial charge in [-0.15, -0.1) is 0 Å². The molecule has 0 radical (unpaired) electrons. The van der Waals surface area contributed by atoms with Crippen LogP contribution >= 0.6 is 0 Å². The Bertz CT molecular complexity index is 418. The van der Waals surface area contributed by atoms with Gasteiger partial charge >= 0.3 is 0 Å². The molecule has 1 aliphatic heterocycles. The molecule has 1 atom stereocenters. The van der Waals surface area contributed by atoms with E-state index >= 15 is 0 Å². The molecular formula is C16H27N3. The molecular weight excluding hydrogens is 234 g/mol. The van der Waals surface area contributed by atoms with Crippen molar-refractivity contribution in [3.63, 3.8) is 0 Å². The van der Waals surface area contributed by atoms with Crippen molar-refractivity contribution >= 4 is 0 Å². The molecule has 0 amide bonds. The van der Waals surface area contributed by atoms with Crippen LogP contribution in [0.3, 0.4) is 0 Å². The van der Waals surface area contributed by atoms with Gasteiger partial charge in [0, 0.05) is 25.2 Å². The van der Waals surface area contributed by atoms with E-state index in [4.69, 9.17) is 5.73 Å². The molecule has 3 heteroatoms. The maximum absolute atomic E-state index is 6.12. The number of aryl methyl sites for hydroxylation is 1. The highest BCUT2D eigenvalue weighted by Gasteiger charge is 2.36. The molecule has 1 saturated heterocycles. The Morgan fingerprint density at radius 2 is 2.11 bits per heavy atom. The van der Waals surface area contributed by atoms with Gasteiger partial charge in [0.1, 0.15) is 0 Å². The van der Waals surface area contributed by atoms with E-state index in [0.717, 1.165) is 19.6 Å². The Kier molecular flexibility index (Phi) is 4.61. The molecule has 1 aromatic carbocycles. The van der Waals surface area contributed by atoms with Crippen LogP contribution in [-0.2, 0) is 6.54 Å². The normalized spacial score (nSPS) is 24.9. The van der Waals surface area contributed by atoms with Crippen LogP contribution in [0.1, 0.15) is 24.0 Å². The first kappa shape index (κ1) is 14.5. The Hall–Kier alpha value is -0.900. The van der Waals surface area contributed by atoms with Crippen molar-refractivity contribution in [1.82, 2.24) is 9.80 Å². The number of nitrogens with two attached hydrogens (primary N) is 1. The predicted molar refractivity (Wildman–Crippen MR) is 81.2 cm³/mol. The van der Waals surface area contributed by atoms with Gasteiger partial charge < -0.3 is 10.6 Å². The summed E-state index contributed by atoms with van der Waals surface area (Å²) in [6, 6.07) is 8.64. The minimum atomic E-state index is 0.134. The van der Waals surface area contributed by atoms with E-state index in [1.165, 1.54) is 30.5 Å². The first-order chi connectivity index (χ1) is 9.07. The average Bonchev–Trinajstić information content (AvgIpc) is 2.41. The molecule has 19 heavy (non-hydrogen) atoms. The first-order valence-corrected chi connectivity index (χ1v) is 7.22. The molecule has 2 N–H and O–H groups in total. The molecule has 1 fully saturated rings. The largest absolute Gasteiger partial charge is 0.329 e. The molecule has 0 aromatic heterocycles. The monoisotopic (exact) mass is 261 g/mol. The highest BCUT2D eigenvalue weighted by Crippen LogP contribution is 2.27.